The van der Waals surface area contributed by atoms with E-state index in [9.17, 15) is 0 Å². The van der Waals surface area contributed by atoms with E-state index in [1.807, 2.05) is 18.2 Å². The molecule has 0 spiro atoms. The van der Waals surface area contributed by atoms with Crippen LogP contribution in [0.4, 0.5) is 5.69 Å². The maximum Gasteiger partial charge on any atom is 0.181 e. The molecule has 0 heterocycles. The van der Waals surface area contributed by atoms with Crippen molar-refractivity contribution >= 4 is 5.69 Å². The van der Waals surface area contributed by atoms with E-state index in [1.165, 1.54) is 0 Å². The van der Waals surface area contributed by atoms with Gasteiger partial charge < -0.3 is 10.5 Å². The Kier molecular flexibility index (Phi) is 2.54. The summed E-state index contributed by atoms with van der Waals surface area (Å²) in [7, 11) is 0. The van der Waals surface area contributed by atoms with Gasteiger partial charge in [-0.2, -0.15) is 5.26 Å². The summed E-state index contributed by atoms with van der Waals surface area (Å²) in [4.78, 5) is 0. The van der Waals surface area contributed by atoms with E-state index in [4.69, 9.17) is 15.7 Å². The summed E-state index contributed by atoms with van der Waals surface area (Å²) >= 11 is 0. The number of rotatable bonds is 2. The average molecular weight is 162 g/mol. The molecule has 12 heavy (non-hydrogen) atoms. The Morgan fingerprint density at radius 1 is 1.50 bits per heavy atom. The third kappa shape index (κ3) is 1.89. The van der Waals surface area contributed by atoms with Crippen LogP contribution < -0.4 is 10.5 Å². The highest BCUT2D eigenvalue weighted by Crippen LogP contribution is 2.20. The number of hydrogen-bond donors (Lipinski definition) is 1. The Morgan fingerprint density at radius 3 is 2.75 bits per heavy atom. The van der Waals surface area contributed by atoms with Crippen LogP contribution in [0, 0.1) is 11.3 Å². The first-order valence-electron chi connectivity index (χ1n) is 3.65. The normalized spacial score (nSPS) is 11.7. The van der Waals surface area contributed by atoms with Gasteiger partial charge >= 0.3 is 0 Å². The second-order valence-corrected chi connectivity index (χ2v) is 2.43. The molecule has 0 saturated carbocycles. The first-order chi connectivity index (χ1) is 5.74. The summed E-state index contributed by atoms with van der Waals surface area (Å²) in [5.41, 5.74) is 6.14. The maximum absolute atomic E-state index is 8.47. The van der Waals surface area contributed by atoms with Gasteiger partial charge in [0.15, 0.2) is 6.10 Å². The predicted octanol–water partition coefficient (Wildman–Crippen LogP) is 1.56. The minimum atomic E-state index is -0.463. The standard InChI is InChI=1S/C9H10N2O/c1-7(6-10)12-9-5-3-2-4-8(9)11/h2-5,7H,11H2,1H3. The molecule has 0 bridgehead atoms. The number of ether oxygens (including phenoxy) is 1. The minimum absolute atomic E-state index is 0.463. The Hall–Kier alpha value is -1.69. The second kappa shape index (κ2) is 3.63. The first-order valence-corrected chi connectivity index (χ1v) is 3.65. The van der Waals surface area contributed by atoms with Gasteiger partial charge in [0.2, 0.25) is 0 Å². The quantitative estimate of drug-likeness (QED) is 0.671. The Balaban J connectivity index is 2.77. The zero-order valence-corrected chi connectivity index (χ0v) is 6.82. The highest BCUT2D eigenvalue weighted by Gasteiger charge is 2.03. The smallest absolute Gasteiger partial charge is 0.181 e. The molecule has 0 aliphatic heterocycles. The van der Waals surface area contributed by atoms with Crippen LogP contribution in [-0.4, -0.2) is 6.10 Å². The van der Waals surface area contributed by atoms with Gasteiger partial charge in [-0.1, -0.05) is 12.1 Å². The third-order valence-electron chi connectivity index (χ3n) is 1.40. The van der Waals surface area contributed by atoms with Crippen LogP contribution >= 0.6 is 0 Å². The summed E-state index contributed by atoms with van der Waals surface area (Å²) in [6, 6.07) is 9.07. The van der Waals surface area contributed by atoms with E-state index in [0.717, 1.165) is 0 Å². The molecule has 0 radical (unpaired) electrons. The van der Waals surface area contributed by atoms with Gasteiger partial charge in [0.25, 0.3) is 0 Å². The topological polar surface area (TPSA) is 59.0 Å². The number of nitrogens with zero attached hydrogens (tertiary/aromatic N) is 1. The molecule has 1 atom stereocenters. The fourth-order valence-electron chi connectivity index (χ4n) is 0.805. The van der Waals surface area contributed by atoms with Gasteiger partial charge in [0, 0.05) is 0 Å². The lowest BCUT2D eigenvalue weighted by Crippen LogP contribution is -2.09. The van der Waals surface area contributed by atoms with E-state index < -0.39 is 6.10 Å². The van der Waals surface area contributed by atoms with Gasteiger partial charge in [-0.25, -0.2) is 0 Å². The number of nitrogens with two attached hydrogens (primary N) is 1. The molecule has 1 rings (SSSR count). The molecule has 0 aliphatic carbocycles. The molecule has 0 saturated heterocycles. The molecular formula is C9H10N2O. The van der Waals surface area contributed by atoms with Crippen LogP contribution in [0.25, 0.3) is 0 Å². The molecule has 0 aromatic heterocycles. The van der Waals surface area contributed by atoms with Crippen molar-refractivity contribution in [1.82, 2.24) is 0 Å². The van der Waals surface area contributed by atoms with Crippen LogP contribution in [0.15, 0.2) is 24.3 Å². The van der Waals surface area contributed by atoms with Gasteiger partial charge in [-0.05, 0) is 19.1 Å². The van der Waals surface area contributed by atoms with E-state index >= 15 is 0 Å². The molecule has 0 fully saturated rings. The zero-order chi connectivity index (χ0) is 8.97. The molecule has 1 aromatic rings. The Labute approximate surface area is 71.4 Å². The van der Waals surface area contributed by atoms with Crippen molar-refractivity contribution < 1.29 is 4.74 Å². The van der Waals surface area contributed by atoms with Crippen LogP contribution in [0.2, 0.25) is 0 Å². The molecule has 3 heteroatoms. The Morgan fingerprint density at radius 2 is 2.17 bits per heavy atom. The molecular weight excluding hydrogens is 152 g/mol. The summed E-state index contributed by atoms with van der Waals surface area (Å²) in [5, 5.41) is 8.47. The van der Waals surface area contributed by atoms with Gasteiger partial charge in [-0.3, -0.25) is 0 Å². The van der Waals surface area contributed by atoms with Gasteiger partial charge in [0.1, 0.15) is 11.8 Å². The molecule has 3 nitrogen and oxygen atoms in total. The van der Waals surface area contributed by atoms with Crippen molar-refractivity contribution in [2.24, 2.45) is 0 Å². The molecule has 1 aromatic carbocycles. The maximum atomic E-state index is 8.47. The van der Waals surface area contributed by atoms with Crippen LogP contribution in [0.5, 0.6) is 5.75 Å². The second-order valence-electron chi connectivity index (χ2n) is 2.43. The van der Waals surface area contributed by atoms with E-state index in [-0.39, 0.29) is 0 Å². The van der Waals surface area contributed by atoms with Crippen molar-refractivity contribution in [3.05, 3.63) is 24.3 Å². The molecule has 62 valence electrons. The van der Waals surface area contributed by atoms with Gasteiger partial charge in [0.05, 0.1) is 5.69 Å². The SMILES string of the molecule is CC(C#N)Oc1ccccc1N. The van der Waals surface area contributed by atoms with Gasteiger partial charge in [-0.15, -0.1) is 0 Å². The zero-order valence-electron chi connectivity index (χ0n) is 6.82. The van der Waals surface area contributed by atoms with E-state index in [1.54, 1.807) is 19.1 Å². The molecule has 0 aliphatic rings. The van der Waals surface area contributed by atoms with Crippen molar-refractivity contribution in [2.45, 2.75) is 13.0 Å². The fraction of sp³-hybridized carbons (Fsp3) is 0.222. The average Bonchev–Trinajstić information content (AvgIpc) is 2.09. The van der Waals surface area contributed by atoms with Crippen LogP contribution in [0.1, 0.15) is 6.92 Å². The minimum Gasteiger partial charge on any atom is -0.474 e. The third-order valence-corrected chi connectivity index (χ3v) is 1.40. The van der Waals surface area contributed by atoms with Crippen molar-refractivity contribution in [3.8, 4) is 11.8 Å². The largest absolute Gasteiger partial charge is 0.474 e. The summed E-state index contributed by atoms with van der Waals surface area (Å²) in [5.74, 6) is 0.562. The van der Waals surface area contributed by atoms with E-state index in [0.29, 0.717) is 11.4 Å². The number of benzene rings is 1. The van der Waals surface area contributed by atoms with Crippen molar-refractivity contribution in [2.75, 3.05) is 5.73 Å². The number of anilines is 1. The van der Waals surface area contributed by atoms with Crippen molar-refractivity contribution in [3.63, 3.8) is 0 Å². The number of nitrogen functional groups attached to an aromatic ring is 1. The number of para-hydroxylation sites is 2. The summed E-state index contributed by atoms with van der Waals surface area (Å²) in [6.45, 7) is 1.67. The predicted molar refractivity (Wildman–Crippen MR) is 46.6 cm³/mol. The number of nitriles is 1. The Bertz CT molecular complexity index is 304. The summed E-state index contributed by atoms with van der Waals surface area (Å²) < 4.78 is 5.21. The lowest BCUT2D eigenvalue weighted by Gasteiger charge is -2.08. The summed E-state index contributed by atoms with van der Waals surface area (Å²) in [6.07, 6.45) is -0.463. The lowest BCUT2D eigenvalue weighted by molar-refractivity contribution is 0.278. The fourth-order valence-corrected chi connectivity index (χ4v) is 0.805. The molecule has 2 N–H and O–H groups in total. The van der Waals surface area contributed by atoms with E-state index in [2.05, 4.69) is 0 Å². The first kappa shape index (κ1) is 8.41. The monoisotopic (exact) mass is 162 g/mol. The number of hydrogen-bond acceptors (Lipinski definition) is 3. The molecule has 1 unspecified atom stereocenters. The molecule has 0 amide bonds. The van der Waals surface area contributed by atoms with Crippen LogP contribution in [0.3, 0.4) is 0 Å². The van der Waals surface area contributed by atoms with Crippen LogP contribution in [-0.2, 0) is 0 Å². The highest BCUT2D eigenvalue weighted by atomic mass is 16.5. The lowest BCUT2D eigenvalue weighted by atomic mass is 10.3. The van der Waals surface area contributed by atoms with Crippen molar-refractivity contribution in [1.29, 1.82) is 5.26 Å². The highest BCUT2D eigenvalue weighted by molar-refractivity contribution is 5.51.